The molecule has 5 aromatic rings. The molecule has 1 N–H and O–H groups in total. The number of aliphatic hydroxyl groups is 1. The first-order valence-corrected chi connectivity index (χ1v) is 13.9. The first kappa shape index (κ1) is 27.9. The van der Waals surface area contributed by atoms with E-state index in [9.17, 15) is 20.0 Å². The SMILES string of the molecule is COC(=O)CCSC(c1cccc(OCc2ccc3ccccc3n2)c1)C(O)c1ccc2c(=O)cc(C#N)oc2c1. The molecule has 0 aliphatic heterocycles. The van der Waals surface area contributed by atoms with Crippen LogP contribution in [0.15, 0.2) is 94.1 Å². The number of fused-ring (bicyclic) bond motifs is 2. The van der Waals surface area contributed by atoms with Gasteiger partial charge in [0.15, 0.2) is 5.43 Å². The molecule has 2 aromatic heterocycles. The maximum Gasteiger partial charge on any atom is 0.306 e. The summed E-state index contributed by atoms with van der Waals surface area (Å²) >= 11 is 1.40. The van der Waals surface area contributed by atoms with Gasteiger partial charge in [-0.05, 0) is 47.5 Å². The largest absolute Gasteiger partial charge is 0.487 e. The number of thioether (sulfide) groups is 1. The summed E-state index contributed by atoms with van der Waals surface area (Å²) in [5, 5.41) is 21.6. The van der Waals surface area contributed by atoms with Gasteiger partial charge in [-0.2, -0.15) is 17.0 Å². The molecule has 0 saturated heterocycles. The topological polar surface area (TPSA) is 123 Å². The number of methoxy groups -OCH3 is 1. The summed E-state index contributed by atoms with van der Waals surface area (Å²) in [5.74, 6) is 0.555. The lowest BCUT2D eigenvalue weighted by Gasteiger charge is -2.24. The van der Waals surface area contributed by atoms with Crippen LogP contribution in [0.5, 0.6) is 5.75 Å². The van der Waals surface area contributed by atoms with E-state index in [0.29, 0.717) is 22.5 Å². The third kappa shape index (κ3) is 6.57. The highest BCUT2D eigenvalue weighted by Crippen LogP contribution is 2.42. The van der Waals surface area contributed by atoms with E-state index in [-0.39, 0.29) is 35.8 Å². The normalized spacial score (nSPS) is 12.5. The molecule has 3 aromatic carbocycles. The second-order valence-corrected chi connectivity index (χ2v) is 10.5. The van der Waals surface area contributed by atoms with Gasteiger partial charge in [-0.25, -0.2) is 4.98 Å². The van der Waals surface area contributed by atoms with Crippen LogP contribution < -0.4 is 10.2 Å². The van der Waals surface area contributed by atoms with Crippen molar-refractivity contribution >= 4 is 39.6 Å². The molecular formula is C32H26N2O6S. The van der Waals surface area contributed by atoms with E-state index in [1.807, 2.05) is 66.7 Å². The number of nitriles is 1. The number of para-hydroxylation sites is 1. The average molecular weight is 567 g/mol. The fraction of sp³-hybridized carbons (Fsp3) is 0.188. The van der Waals surface area contributed by atoms with E-state index in [4.69, 9.17) is 13.9 Å². The molecule has 2 heterocycles. The lowest BCUT2D eigenvalue weighted by Crippen LogP contribution is -2.11. The van der Waals surface area contributed by atoms with E-state index in [1.165, 1.54) is 18.9 Å². The maximum absolute atomic E-state index is 12.4. The second kappa shape index (κ2) is 12.7. The molecule has 2 atom stereocenters. The Hall–Kier alpha value is -4.65. The van der Waals surface area contributed by atoms with Gasteiger partial charge in [0, 0.05) is 17.2 Å². The van der Waals surface area contributed by atoms with Crippen LogP contribution in [0, 0.1) is 11.3 Å². The fourth-order valence-electron chi connectivity index (χ4n) is 4.45. The lowest BCUT2D eigenvalue weighted by atomic mass is 9.99. The smallest absolute Gasteiger partial charge is 0.306 e. The van der Waals surface area contributed by atoms with E-state index in [0.717, 1.165) is 28.2 Å². The van der Waals surface area contributed by atoms with Crippen molar-refractivity contribution in [3.63, 3.8) is 0 Å². The van der Waals surface area contributed by atoms with Crippen LogP contribution in [-0.2, 0) is 16.1 Å². The quantitative estimate of drug-likeness (QED) is 0.207. The summed E-state index contributed by atoms with van der Waals surface area (Å²) in [6, 6.07) is 27.0. The molecule has 2 unspecified atom stereocenters. The molecule has 5 rings (SSSR count). The minimum atomic E-state index is -1.03. The van der Waals surface area contributed by atoms with E-state index in [1.54, 1.807) is 18.2 Å². The molecule has 0 aliphatic rings. The Kier molecular flexibility index (Phi) is 8.63. The minimum absolute atomic E-state index is 0.108. The predicted octanol–water partition coefficient (Wildman–Crippen LogP) is 5.86. The van der Waals surface area contributed by atoms with Crippen molar-refractivity contribution in [2.45, 2.75) is 24.4 Å². The second-order valence-electron chi connectivity index (χ2n) is 9.26. The van der Waals surface area contributed by atoms with Crippen LogP contribution in [0.2, 0.25) is 0 Å². The van der Waals surface area contributed by atoms with Gasteiger partial charge in [-0.1, -0.05) is 42.5 Å². The highest BCUT2D eigenvalue weighted by molar-refractivity contribution is 7.99. The number of aliphatic hydroxyl groups excluding tert-OH is 1. The number of rotatable bonds is 10. The maximum atomic E-state index is 12.4. The Morgan fingerprint density at radius 2 is 1.90 bits per heavy atom. The molecule has 0 bridgehead atoms. The van der Waals surface area contributed by atoms with Gasteiger partial charge in [-0.3, -0.25) is 9.59 Å². The van der Waals surface area contributed by atoms with Gasteiger partial charge in [0.25, 0.3) is 0 Å². The highest BCUT2D eigenvalue weighted by Gasteiger charge is 2.25. The number of pyridine rings is 1. The first-order chi connectivity index (χ1) is 19.9. The zero-order valence-electron chi connectivity index (χ0n) is 22.2. The first-order valence-electron chi connectivity index (χ1n) is 12.9. The molecule has 0 fully saturated rings. The van der Waals surface area contributed by atoms with Gasteiger partial charge in [0.1, 0.15) is 24.0 Å². The number of aromatic nitrogens is 1. The predicted molar refractivity (Wildman–Crippen MR) is 157 cm³/mol. The van der Waals surface area contributed by atoms with Crippen molar-refractivity contribution in [1.82, 2.24) is 4.98 Å². The molecule has 0 amide bonds. The number of carbonyl (C=O) groups is 1. The van der Waals surface area contributed by atoms with Gasteiger partial charge in [0.2, 0.25) is 5.76 Å². The Balaban J connectivity index is 1.41. The zero-order chi connectivity index (χ0) is 28.8. The van der Waals surface area contributed by atoms with Gasteiger partial charge < -0.3 is 19.0 Å². The van der Waals surface area contributed by atoms with E-state index in [2.05, 4.69) is 4.98 Å². The zero-order valence-corrected chi connectivity index (χ0v) is 23.0. The molecule has 0 radical (unpaired) electrons. The van der Waals surface area contributed by atoms with Gasteiger partial charge in [-0.15, -0.1) is 0 Å². The number of benzene rings is 3. The van der Waals surface area contributed by atoms with Crippen LogP contribution in [0.1, 0.15) is 40.4 Å². The Morgan fingerprint density at radius 3 is 2.73 bits per heavy atom. The Bertz CT molecular complexity index is 1810. The summed E-state index contributed by atoms with van der Waals surface area (Å²) in [5.41, 5.74) is 2.83. The summed E-state index contributed by atoms with van der Waals surface area (Å²) in [6.45, 7) is 0.266. The van der Waals surface area contributed by atoms with Crippen LogP contribution in [0.25, 0.3) is 21.9 Å². The van der Waals surface area contributed by atoms with Crippen LogP contribution in [0.4, 0.5) is 0 Å². The average Bonchev–Trinajstić information content (AvgIpc) is 3.01. The molecule has 0 saturated carbocycles. The monoisotopic (exact) mass is 566 g/mol. The molecule has 0 aliphatic carbocycles. The lowest BCUT2D eigenvalue weighted by molar-refractivity contribution is -0.140. The van der Waals surface area contributed by atoms with Crippen molar-refractivity contribution in [2.75, 3.05) is 12.9 Å². The molecule has 9 heteroatoms. The Labute approximate surface area is 240 Å². The summed E-state index contributed by atoms with van der Waals surface area (Å²) in [6.07, 6.45) is -0.859. The minimum Gasteiger partial charge on any atom is -0.487 e. The third-order valence-corrected chi connectivity index (χ3v) is 7.88. The third-order valence-electron chi connectivity index (χ3n) is 6.55. The number of hydrogen-bond acceptors (Lipinski definition) is 9. The van der Waals surface area contributed by atoms with Crippen molar-refractivity contribution in [1.29, 1.82) is 5.26 Å². The molecule has 8 nitrogen and oxygen atoms in total. The van der Waals surface area contributed by atoms with Crippen LogP contribution in [0.3, 0.4) is 0 Å². The summed E-state index contributed by atoms with van der Waals surface area (Å²) in [7, 11) is 1.34. The molecular weight excluding hydrogens is 540 g/mol. The van der Waals surface area contributed by atoms with Crippen LogP contribution >= 0.6 is 11.8 Å². The van der Waals surface area contributed by atoms with Gasteiger partial charge in [0.05, 0.1) is 41.5 Å². The van der Waals surface area contributed by atoms with Crippen LogP contribution in [-0.4, -0.2) is 28.9 Å². The number of ether oxygens (including phenoxy) is 2. The van der Waals surface area contributed by atoms with Gasteiger partial charge >= 0.3 is 5.97 Å². The summed E-state index contributed by atoms with van der Waals surface area (Å²) < 4.78 is 16.4. The molecule has 0 spiro atoms. The number of hydrogen-bond donors (Lipinski definition) is 1. The van der Waals surface area contributed by atoms with Crippen molar-refractivity contribution < 1.29 is 23.8 Å². The number of carbonyl (C=O) groups excluding carboxylic acids is 1. The van der Waals surface area contributed by atoms with E-state index >= 15 is 0 Å². The molecule has 41 heavy (non-hydrogen) atoms. The Morgan fingerprint density at radius 1 is 1.05 bits per heavy atom. The standard InChI is InChI=1S/C32H26N2O6S/c1-38-30(36)13-14-41-32(31(37)21-10-12-26-28(35)17-25(18-33)40-29(26)16-21)22-6-4-7-24(15-22)39-19-23-11-9-20-5-2-3-8-27(20)34-23/h2-12,15-17,31-32,37H,13-14,19H2,1H3. The van der Waals surface area contributed by atoms with E-state index < -0.39 is 11.4 Å². The molecule has 206 valence electrons. The highest BCUT2D eigenvalue weighted by atomic mass is 32.2. The number of esters is 1. The van der Waals surface area contributed by atoms with Crippen molar-refractivity contribution in [3.05, 3.63) is 118 Å². The fourth-order valence-corrected chi connectivity index (χ4v) is 5.67. The number of nitrogens with zero attached hydrogens (tertiary/aromatic N) is 2. The summed E-state index contributed by atoms with van der Waals surface area (Å²) in [4.78, 5) is 28.8. The van der Waals surface area contributed by atoms with Crippen molar-refractivity contribution in [3.8, 4) is 11.8 Å². The van der Waals surface area contributed by atoms with Crippen molar-refractivity contribution in [2.24, 2.45) is 0 Å².